The van der Waals surface area contributed by atoms with E-state index in [1.54, 1.807) is 30.3 Å². The van der Waals surface area contributed by atoms with Crippen molar-refractivity contribution in [1.29, 1.82) is 0 Å². The second kappa shape index (κ2) is 9.36. The van der Waals surface area contributed by atoms with Crippen LogP contribution in [0.25, 0.3) is 0 Å². The van der Waals surface area contributed by atoms with E-state index < -0.39 is 12.6 Å². The Morgan fingerprint density at radius 1 is 1.04 bits per heavy atom. The molecule has 0 saturated heterocycles. The van der Waals surface area contributed by atoms with Gasteiger partial charge in [-0.05, 0) is 24.1 Å². The number of carboxylic acids is 1. The van der Waals surface area contributed by atoms with Gasteiger partial charge in [-0.15, -0.1) is 0 Å². The number of amides is 1. The van der Waals surface area contributed by atoms with Crippen LogP contribution in [0.3, 0.4) is 0 Å². The van der Waals surface area contributed by atoms with E-state index in [2.05, 4.69) is 5.32 Å². The number of hydrogen-bond donors (Lipinski definition) is 2. The van der Waals surface area contributed by atoms with E-state index in [1.165, 1.54) is 6.07 Å². The monoisotopic (exact) mass is 355 g/mol. The summed E-state index contributed by atoms with van der Waals surface area (Å²) in [5.74, 6) is -1.11. The van der Waals surface area contributed by atoms with E-state index in [1.807, 2.05) is 19.1 Å². The number of aryl methyl sites for hydroxylation is 1. The zero-order valence-corrected chi connectivity index (χ0v) is 14.5. The van der Waals surface area contributed by atoms with Crippen LogP contribution in [0, 0.1) is 0 Å². The molecule has 2 N–H and O–H groups in total. The maximum atomic E-state index is 12.1. The van der Waals surface area contributed by atoms with Gasteiger partial charge >= 0.3 is 5.97 Å². The molecule has 2 rings (SSSR count). The van der Waals surface area contributed by atoms with Crippen molar-refractivity contribution in [2.24, 2.45) is 0 Å². The van der Waals surface area contributed by atoms with E-state index in [0.717, 1.165) is 12.0 Å². The van der Waals surface area contributed by atoms with Crippen molar-refractivity contribution < 1.29 is 24.2 Å². The summed E-state index contributed by atoms with van der Waals surface area (Å²) in [6.45, 7) is 1.59. The van der Waals surface area contributed by atoms with Crippen molar-refractivity contribution in [2.45, 2.75) is 26.2 Å². The molecular weight excluding hydrogens is 334 g/mol. The second-order valence-corrected chi connectivity index (χ2v) is 5.73. The number of carbonyl (C=O) groups excluding carboxylic acids is 2. The van der Waals surface area contributed by atoms with Crippen LogP contribution in [0.2, 0.25) is 0 Å². The van der Waals surface area contributed by atoms with Gasteiger partial charge in [0.05, 0.1) is 0 Å². The second-order valence-electron chi connectivity index (χ2n) is 5.73. The standard InChI is InChI=1S/C20H21NO5/c1-2-14-6-8-15(9-7-14)18(22)10-11-19(23)21-16-4-3-5-17(12-16)26-13-20(24)25/h3-9,12H,2,10-11,13H2,1H3,(H,21,23)(H,24,25). The van der Waals surface area contributed by atoms with Crippen LogP contribution in [0.1, 0.15) is 35.7 Å². The van der Waals surface area contributed by atoms with E-state index in [0.29, 0.717) is 17.0 Å². The highest BCUT2D eigenvalue weighted by Crippen LogP contribution is 2.18. The Balaban J connectivity index is 1.85. The lowest BCUT2D eigenvalue weighted by Crippen LogP contribution is -2.14. The average molecular weight is 355 g/mol. The van der Waals surface area contributed by atoms with Crippen LogP contribution in [0.15, 0.2) is 48.5 Å². The van der Waals surface area contributed by atoms with Crippen LogP contribution in [0.5, 0.6) is 5.75 Å². The summed E-state index contributed by atoms with van der Waals surface area (Å²) in [4.78, 5) is 34.7. The molecule has 0 aliphatic carbocycles. The smallest absolute Gasteiger partial charge is 0.341 e. The summed E-state index contributed by atoms with van der Waals surface area (Å²) >= 11 is 0. The van der Waals surface area contributed by atoms with Gasteiger partial charge in [-0.1, -0.05) is 37.3 Å². The van der Waals surface area contributed by atoms with Crippen molar-refractivity contribution in [3.05, 3.63) is 59.7 Å². The number of nitrogens with one attached hydrogen (secondary N) is 1. The number of hydrogen-bond acceptors (Lipinski definition) is 4. The van der Waals surface area contributed by atoms with Gasteiger partial charge in [0.15, 0.2) is 12.4 Å². The van der Waals surface area contributed by atoms with E-state index >= 15 is 0 Å². The van der Waals surface area contributed by atoms with E-state index in [4.69, 9.17) is 9.84 Å². The van der Waals surface area contributed by atoms with Crippen LogP contribution in [-0.2, 0) is 16.0 Å². The Bertz CT molecular complexity index is 783. The fourth-order valence-corrected chi connectivity index (χ4v) is 2.33. The van der Waals surface area contributed by atoms with Gasteiger partial charge in [-0.25, -0.2) is 4.79 Å². The molecule has 0 radical (unpaired) electrons. The number of rotatable bonds is 9. The predicted molar refractivity (Wildman–Crippen MR) is 97.6 cm³/mol. The molecule has 0 atom stereocenters. The van der Waals surface area contributed by atoms with Gasteiger partial charge in [-0.2, -0.15) is 0 Å². The fourth-order valence-electron chi connectivity index (χ4n) is 2.33. The minimum Gasteiger partial charge on any atom is -0.482 e. The largest absolute Gasteiger partial charge is 0.482 e. The molecule has 0 bridgehead atoms. The van der Waals surface area contributed by atoms with Crippen molar-refractivity contribution in [2.75, 3.05) is 11.9 Å². The molecule has 0 saturated carbocycles. The first-order chi connectivity index (χ1) is 12.5. The van der Waals surface area contributed by atoms with Crippen LogP contribution in [-0.4, -0.2) is 29.4 Å². The third-order valence-corrected chi connectivity index (χ3v) is 3.74. The molecule has 0 aromatic heterocycles. The lowest BCUT2D eigenvalue weighted by atomic mass is 10.0. The molecule has 0 spiro atoms. The highest BCUT2D eigenvalue weighted by atomic mass is 16.5. The Kier molecular flexibility index (Phi) is 6.91. The SMILES string of the molecule is CCc1ccc(C(=O)CCC(=O)Nc2cccc(OCC(=O)O)c2)cc1. The van der Waals surface area contributed by atoms with Crippen molar-refractivity contribution in [3.8, 4) is 5.75 Å². The van der Waals surface area contributed by atoms with Crippen LogP contribution in [0.4, 0.5) is 5.69 Å². The molecule has 6 nitrogen and oxygen atoms in total. The van der Waals surface area contributed by atoms with E-state index in [9.17, 15) is 14.4 Å². The first-order valence-corrected chi connectivity index (χ1v) is 8.34. The number of carboxylic acid groups (broad SMARTS) is 1. The summed E-state index contributed by atoms with van der Waals surface area (Å²) in [6, 6.07) is 13.8. The molecule has 1 amide bonds. The Morgan fingerprint density at radius 3 is 2.42 bits per heavy atom. The number of ether oxygens (including phenoxy) is 1. The van der Waals surface area contributed by atoms with Gasteiger partial charge in [0.25, 0.3) is 0 Å². The van der Waals surface area contributed by atoms with Crippen molar-refractivity contribution in [1.82, 2.24) is 0 Å². The highest BCUT2D eigenvalue weighted by Gasteiger charge is 2.10. The van der Waals surface area contributed by atoms with Gasteiger partial charge in [0, 0.05) is 30.2 Å². The zero-order chi connectivity index (χ0) is 18.9. The normalized spacial score (nSPS) is 10.2. The van der Waals surface area contributed by atoms with Crippen LogP contribution >= 0.6 is 0 Å². The number of carbonyl (C=O) groups is 3. The lowest BCUT2D eigenvalue weighted by Gasteiger charge is -2.08. The molecule has 0 fully saturated rings. The third kappa shape index (κ3) is 6.05. The lowest BCUT2D eigenvalue weighted by molar-refractivity contribution is -0.139. The molecule has 26 heavy (non-hydrogen) atoms. The number of Topliss-reactive ketones (excluding diaryl/α,β-unsaturated/α-hetero) is 1. The molecule has 6 heteroatoms. The molecule has 136 valence electrons. The highest BCUT2D eigenvalue weighted by molar-refractivity contribution is 6.00. The first-order valence-electron chi connectivity index (χ1n) is 8.34. The van der Waals surface area contributed by atoms with Crippen molar-refractivity contribution in [3.63, 3.8) is 0 Å². The van der Waals surface area contributed by atoms with Gasteiger partial charge in [0.2, 0.25) is 5.91 Å². The molecule has 2 aromatic rings. The molecule has 0 unspecified atom stereocenters. The first kappa shape index (κ1) is 19.2. The maximum Gasteiger partial charge on any atom is 0.341 e. The summed E-state index contributed by atoms with van der Waals surface area (Å²) in [5, 5.41) is 11.3. The van der Waals surface area contributed by atoms with Gasteiger partial charge < -0.3 is 15.2 Å². The molecule has 2 aromatic carbocycles. The zero-order valence-electron chi connectivity index (χ0n) is 14.5. The number of anilines is 1. The van der Waals surface area contributed by atoms with Crippen LogP contribution < -0.4 is 10.1 Å². The summed E-state index contributed by atoms with van der Waals surface area (Å²) in [6.07, 6.45) is 1.09. The summed E-state index contributed by atoms with van der Waals surface area (Å²) < 4.78 is 5.06. The van der Waals surface area contributed by atoms with Crippen molar-refractivity contribution >= 4 is 23.3 Å². The number of ketones is 1. The number of aliphatic carboxylic acids is 1. The van der Waals surface area contributed by atoms with Gasteiger partial charge in [-0.3, -0.25) is 9.59 Å². The number of benzene rings is 2. The fraction of sp³-hybridized carbons (Fsp3) is 0.250. The minimum absolute atomic E-state index is 0.0641. The van der Waals surface area contributed by atoms with Gasteiger partial charge in [0.1, 0.15) is 5.75 Å². The van der Waals surface area contributed by atoms with E-state index in [-0.39, 0.29) is 24.5 Å². The third-order valence-electron chi connectivity index (χ3n) is 3.74. The Morgan fingerprint density at radius 2 is 1.77 bits per heavy atom. The molecule has 0 aliphatic rings. The Hall–Kier alpha value is -3.15. The predicted octanol–water partition coefficient (Wildman–Crippen LogP) is 3.31. The topological polar surface area (TPSA) is 92.7 Å². The summed E-state index contributed by atoms with van der Waals surface area (Å²) in [7, 11) is 0. The summed E-state index contributed by atoms with van der Waals surface area (Å²) in [5.41, 5.74) is 2.24. The molecule has 0 heterocycles. The molecular formula is C20H21NO5. The maximum absolute atomic E-state index is 12.1. The average Bonchev–Trinajstić information content (AvgIpc) is 2.65. The Labute approximate surface area is 151 Å². The minimum atomic E-state index is -1.08. The quantitative estimate of drug-likeness (QED) is 0.673. The molecule has 0 aliphatic heterocycles.